The zero-order valence-corrected chi connectivity index (χ0v) is 8.74. The number of sulfonamides is 1. The van der Waals surface area contributed by atoms with Gasteiger partial charge in [0, 0.05) is 5.56 Å². The maximum Gasteiger partial charge on any atom is 0.237 e. The third kappa shape index (κ3) is 1.44. The van der Waals surface area contributed by atoms with E-state index in [4.69, 9.17) is 0 Å². The van der Waals surface area contributed by atoms with Crippen LogP contribution in [-0.4, -0.2) is 8.42 Å². The van der Waals surface area contributed by atoms with Crippen molar-refractivity contribution in [3.05, 3.63) is 28.0 Å². The molecule has 0 aliphatic carbocycles. The first kappa shape index (κ1) is 8.96. The van der Waals surface area contributed by atoms with Gasteiger partial charge < -0.3 is 0 Å². The summed E-state index contributed by atoms with van der Waals surface area (Å²) in [5.41, 5.74) is 0.537. The van der Waals surface area contributed by atoms with E-state index < -0.39 is 15.8 Å². The molecule has 0 amide bonds. The van der Waals surface area contributed by atoms with Gasteiger partial charge in [0.2, 0.25) is 10.0 Å². The van der Waals surface area contributed by atoms with E-state index in [1.165, 1.54) is 12.1 Å². The van der Waals surface area contributed by atoms with Crippen LogP contribution in [0.4, 0.5) is 10.1 Å². The highest BCUT2D eigenvalue weighted by atomic mass is 79.9. The Morgan fingerprint density at radius 3 is 2.85 bits per heavy atom. The van der Waals surface area contributed by atoms with Gasteiger partial charge >= 0.3 is 0 Å². The minimum absolute atomic E-state index is 0.203. The molecule has 3 nitrogen and oxygen atoms in total. The number of hydrogen-bond donors (Lipinski definition) is 1. The number of hydrogen-bond acceptors (Lipinski definition) is 2. The van der Waals surface area contributed by atoms with Gasteiger partial charge in [-0.25, -0.2) is 12.8 Å². The fourth-order valence-electron chi connectivity index (χ4n) is 1.22. The smallest absolute Gasteiger partial charge is 0.237 e. The van der Waals surface area contributed by atoms with Crippen LogP contribution in [0.15, 0.2) is 16.6 Å². The average Bonchev–Trinajstić information content (AvgIpc) is 2.34. The molecule has 0 spiro atoms. The Bertz CT molecular complexity index is 472. The molecular formula is C7H5BrFNO2S. The monoisotopic (exact) mass is 265 g/mol. The molecule has 13 heavy (non-hydrogen) atoms. The molecule has 0 bridgehead atoms. The molecule has 0 saturated carbocycles. The lowest BCUT2D eigenvalue weighted by molar-refractivity contribution is 0.594. The van der Waals surface area contributed by atoms with Gasteiger partial charge in [-0.05, 0) is 28.1 Å². The molecule has 0 aromatic heterocycles. The summed E-state index contributed by atoms with van der Waals surface area (Å²) in [6, 6.07) is 3.01. The summed E-state index contributed by atoms with van der Waals surface area (Å²) in [6.45, 7) is 0. The topological polar surface area (TPSA) is 46.2 Å². The number of benzene rings is 1. The first-order valence-electron chi connectivity index (χ1n) is 3.47. The number of anilines is 1. The fraction of sp³-hybridized carbons (Fsp3) is 0.143. The Hall–Kier alpha value is -0.620. The maximum atomic E-state index is 13.3. The molecule has 1 aliphatic heterocycles. The lowest BCUT2D eigenvalue weighted by atomic mass is 10.2. The van der Waals surface area contributed by atoms with Gasteiger partial charge in [-0.3, -0.25) is 4.72 Å². The van der Waals surface area contributed by atoms with Gasteiger partial charge in [0.05, 0.1) is 15.9 Å². The quantitative estimate of drug-likeness (QED) is 0.778. The molecule has 1 aliphatic rings. The second-order valence-corrected chi connectivity index (χ2v) is 5.33. The van der Waals surface area contributed by atoms with Crippen molar-refractivity contribution in [2.75, 3.05) is 4.72 Å². The van der Waals surface area contributed by atoms with E-state index in [-0.39, 0.29) is 15.8 Å². The van der Waals surface area contributed by atoms with Crippen molar-refractivity contribution >= 4 is 31.6 Å². The predicted octanol–water partition coefficient (Wildman–Crippen LogP) is 1.84. The van der Waals surface area contributed by atoms with Crippen molar-refractivity contribution in [2.24, 2.45) is 0 Å². The predicted molar refractivity (Wildman–Crippen MR) is 50.3 cm³/mol. The molecular weight excluding hydrogens is 261 g/mol. The van der Waals surface area contributed by atoms with Crippen LogP contribution in [0.3, 0.4) is 0 Å². The number of fused-ring (bicyclic) bond motifs is 1. The van der Waals surface area contributed by atoms with Gasteiger partial charge in [0.25, 0.3) is 0 Å². The standard InChI is InChI=1S/C7H5BrFNO2S/c8-5-1-2-6-4(7(5)9)3-13(11,12)10-6/h1-2,10H,3H2. The number of nitrogens with one attached hydrogen (secondary N) is 1. The minimum Gasteiger partial charge on any atom is -0.283 e. The SMILES string of the molecule is O=S1(=O)Cc2c(ccc(Br)c2F)N1. The molecule has 1 heterocycles. The molecule has 0 atom stereocenters. The van der Waals surface area contributed by atoms with Crippen LogP contribution in [0, 0.1) is 5.82 Å². The Balaban J connectivity index is 2.65. The van der Waals surface area contributed by atoms with Crippen LogP contribution in [0.1, 0.15) is 5.56 Å². The average molecular weight is 266 g/mol. The fourth-order valence-corrected chi connectivity index (χ4v) is 2.86. The second kappa shape index (κ2) is 2.68. The van der Waals surface area contributed by atoms with E-state index in [1.54, 1.807) is 0 Å². The summed E-state index contributed by atoms with van der Waals surface area (Å²) in [5, 5.41) is 0. The van der Waals surface area contributed by atoms with Crippen LogP contribution in [-0.2, 0) is 15.8 Å². The molecule has 0 fully saturated rings. The zero-order valence-electron chi connectivity index (χ0n) is 6.34. The van der Waals surface area contributed by atoms with E-state index in [2.05, 4.69) is 20.7 Å². The Labute approximate surface area is 83.1 Å². The van der Waals surface area contributed by atoms with Crippen LogP contribution >= 0.6 is 15.9 Å². The molecule has 6 heteroatoms. The highest BCUT2D eigenvalue weighted by molar-refractivity contribution is 9.10. The molecule has 1 aromatic carbocycles. The normalized spacial score (nSPS) is 18.0. The van der Waals surface area contributed by atoms with Gasteiger partial charge in [0.15, 0.2) is 0 Å². The Morgan fingerprint density at radius 2 is 2.15 bits per heavy atom. The lowest BCUT2D eigenvalue weighted by Crippen LogP contribution is -2.05. The van der Waals surface area contributed by atoms with Crippen molar-refractivity contribution in [1.29, 1.82) is 0 Å². The van der Waals surface area contributed by atoms with Crippen LogP contribution in [0.5, 0.6) is 0 Å². The summed E-state index contributed by atoms with van der Waals surface area (Å²) >= 11 is 2.99. The highest BCUT2D eigenvalue weighted by Gasteiger charge is 2.27. The van der Waals surface area contributed by atoms with Gasteiger partial charge in [-0.1, -0.05) is 0 Å². The minimum atomic E-state index is -3.36. The first-order chi connectivity index (χ1) is 5.99. The first-order valence-corrected chi connectivity index (χ1v) is 5.91. The molecule has 70 valence electrons. The molecule has 2 rings (SSSR count). The Morgan fingerprint density at radius 1 is 1.46 bits per heavy atom. The molecule has 0 unspecified atom stereocenters. The highest BCUT2D eigenvalue weighted by Crippen LogP contribution is 2.32. The Kier molecular flexibility index (Phi) is 1.85. The van der Waals surface area contributed by atoms with Gasteiger partial charge in [-0.2, -0.15) is 0 Å². The maximum absolute atomic E-state index is 13.3. The van der Waals surface area contributed by atoms with Crippen LogP contribution in [0.25, 0.3) is 0 Å². The largest absolute Gasteiger partial charge is 0.283 e. The number of rotatable bonds is 0. The van der Waals surface area contributed by atoms with E-state index >= 15 is 0 Å². The van der Waals surface area contributed by atoms with Crippen molar-refractivity contribution in [3.8, 4) is 0 Å². The summed E-state index contributed by atoms with van der Waals surface area (Å²) < 4.78 is 37.9. The van der Waals surface area contributed by atoms with Crippen molar-refractivity contribution in [2.45, 2.75) is 5.75 Å². The van der Waals surface area contributed by atoms with Crippen LogP contribution < -0.4 is 4.72 Å². The lowest BCUT2D eigenvalue weighted by Gasteiger charge is -1.99. The molecule has 1 aromatic rings. The van der Waals surface area contributed by atoms with E-state index in [9.17, 15) is 12.8 Å². The summed E-state index contributed by atoms with van der Waals surface area (Å²) in [5.74, 6) is -0.792. The summed E-state index contributed by atoms with van der Waals surface area (Å²) in [6.07, 6.45) is 0. The molecule has 0 saturated heterocycles. The van der Waals surface area contributed by atoms with Gasteiger partial charge in [0.1, 0.15) is 5.82 Å². The summed E-state index contributed by atoms with van der Waals surface area (Å²) in [7, 11) is -3.36. The third-order valence-corrected chi connectivity index (χ3v) is 3.61. The van der Waals surface area contributed by atoms with Crippen molar-refractivity contribution in [1.82, 2.24) is 0 Å². The molecule has 1 N–H and O–H groups in total. The van der Waals surface area contributed by atoms with Crippen molar-refractivity contribution in [3.63, 3.8) is 0 Å². The van der Waals surface area contributed by atoms with E-state index in [0.29, 0.717) is 5.69 Å². The van der Waals surface area contributed by atoms with Crippen molar-refractivity contribution < 1.29 is 12.8 Å². The zero-order chi connectivity index (χ0) is 9.64. The summed E-state index contributed by atoms with van der Waals surface area (Å²) in [4.78, 5) is 0. The van der Waals surface area contributed by atoms with Crippen LogP contribution in [0.2, 0.25) is 0 Å². The van der Waals surface area contributed by atoms with E-state index in [0.717, 1.165) is 0 Å². The van der Waals surface area contributed by atoms with Gasteiger partial charge in [-0.15, -0.1) is 0 Å². The third-order valence-electron chi connectivity index (χ3n) is 1.80. The van der Waals surface area contributed by atoms with E-state index in [1.807, 2.05) is 0 Å². The second-order valence-electron chi connectivity index (χ2n) is 2.75. The number of halogens is 2. The molecule has 0 radical (unpaired) electrons.